The summed E-state index contributed by atoms with van der Waals surface area (Å²) in [5, 5.41) is 3.92. The Morgan fingerprint density at radius 1 is 1.16 bits per heavy atom. The maximum absolute atomic E-state index is 3.92. The largest absolute Gasteiger partial charge is 0.308 e. The van der Waals surface area contributed by atoms with Crippen molar-refractivity contribution in [2.75, 3.05) is 25.9 Å². The van der Waals surface area contributed by atoms with E-state index in [-0.39, 0.29) is 0 Å². The third-order valence-corrected chi connectivity index (χ3v) is 7.36. The third-order valence-electron chi connectivity index (χ3n) is 5.96. The molecule has 3 rings (SSSR count). The molecule has 1 N–H and O–H groups in total. The van der Waals surface area contributed by atoms with Crippen LogP contribution < -0.4 is 5.32 Å². The molecule has 1 saturated heterocycles. The fourth-order valence-corrected chi connectivity index (χ4v) is 5.37. The van der Waals surface area contributed by atoms with Crippen LogP contribution in [0.4, 0.5) is 0 Å². The SMILES string of the molecule is CCC1CNC2(CCCC2)CN1CC1(SC)CCC1. The number of piperazine rings is 1. The molecule has 0 aromatic heterocycles. The van der Waals surface area contributed by atoms with Crippen LogP contribution in [-0.2, 0) is 0 Å². The van der Waals surface area contributed by atoms with E-state index in [1.165, 1.54) is 71.0 Å². The monoisotopic (exact) mass is 282 g/mol. The van der Waals surface area contributed by atoms with Crippen molar-refractivity contribution < 1.29 is 0 Å². The van der Waals surface area contributed by atoms with Crippen molar-refractivity contribution in [3.63, 3.8) is 0 Å². The van der Waals surface area contributed by atoms with E-state index in [1.807, 2.05) is 0 Å². The summed E-state index contributed by atoms with van der Waals surface area (Å²) in [7, 11) is 0. The second-order valence-corrected chi connectivity index (χ2v) is 8.35. The lowest BCUT2D eigenvalue weighted by Gasteiger charge is -2.51. The molecular weight excluding hydrogens is 252 g/mol. The minimum atomic E-state index is 0.481. The summed E-state index contributed by atoms with van der Waals surface area (Å²) in [5.41, 5.74) is 0.481. The van der Waals surface area contributed by atoms with Gasteiger partial charge in [0, 0.05) is 36.0 Å². The number of thioether (sulfide) groups is 1. The van der Waals surface area contributed by atoms with Crippen LogP contribution in [0.1, 0.15) is 58.3 Å². The number of hydrogen-bond donors (Lipinski definition) is 1. The number of rotatable bonds is 4. The first-order valence-corrected chi connectivity index (χ1v) is 9.48. The van der Waals surface area contributed by atoms with Gasteiger partial charge < -0.3 is 5.32 Å². The smallest absolute Gasteiger partial charge is 0.0309 e. The number of nitrogens with one attached hydrogen (secondary N) is 1. The molecule has 3 heteroatoms. The third kappa shape index (κ3) is 2.71. The summed E-state index contributed by atoms with van der Waals surface area (Å²) >= 11 is 2.13. The first-order chi connectivity index (χ1) is 9.21. The zero-order valence-corrected chi connectivity index (χ0v) is 13.5. The summed E-state index contributed by atoms with van der Waals surface area (Å²) in [6.07, 6.45) is 13.7. The van der Waals surface area contributed by atoms with E-state index < -0.39 is 0 Å². The van der Waals surface area contributed by atoms with Gasteiger partial charge in [-0.25, -0.2) is 0 Å². The molecule has 3 aliphatic rings. The van der Waals surface area contributed by atoms with Crippen molar-refractivity contribution in [3.8, 4) is 0 Å². The van der Waals surface area contributed by atoms with Crippen LogP contribution in [0.5, 0.6) is 0 Å². The highest BCUT2D eigenvalue weighted by molar-refractivity contribution is 8.00. The molecule has 1 unspecified atom stereocenters. The number of nitrogens with zero attached hydrogens (tertiary/aromatic N) is 1. The normalized spacial score (nSPS) is 33.5. The Balaban J connectivity index is 1.68. The van der Waals surface area contributed by atoms with E-state index in [4.69, 9.17) is 0 Å². The van der Waals surface area contributed by atoms with Gasteiger partial charge in [0.25, 0.3) is 0 Å². The Kier molecular flexibility index (Phi) is 4.17. The molecule has 1 spiro atoms. The molecule has 19 heavy (non-hydrogen) atoms. The molecule has 2 aliphatic carbocycles. The molecular formula is C16H30N2S. The second kappa shape index (κ2) is 5.57. The lowest BCUT2D eigenvalue weighted by molar-refractivity contribution is 0.0591. The van der Waals surface area contributed by atoms with Crippen molar-refractivity contribution in [2.45, 2.75) is 74.6 Å². The van der Waals surface area contributed by atoms with Gasteiger partial charge in [0.15, 0.2) is 0 Å². The van der Waals surface area contributed by atoms with Gasteiger partial charge in [-0.05, 0) is 38.4 Å². The Morgan fingerprint density at radius 2 is 1.89 bits per heavy atom. The van der Waals surface area contributed by atoms with E-state index in [9.17, 15) is 0 Å². The minimum Gasteiger partial charge on any atom is -0.308 e. The van der Waals surface area contributed by atoms with Crippen LogP contribution in [0.2, 0.25) is 0 Å². The highest BCUT2D eigenvalue weighted by Crippen LogP contribution is 2.44. The lowest BCUT2D eigenvalue weighted by atomic mass is 9.82. The summed E-state index contributed by atoms with van der Waals surface area (Å²) in [4.78, 5) is 2.86. The van der Waals surface area contributed by atoms with Gasteiger partial charge >= 0.3 is 0 Å². The maximum Gasteiger partial charge on any atom is 0.0309 e. The summed E-state index contributed by atoms with van der Waals surface area (Å²) < 4.78 is 0.602. The maximum atomic E-state index is 3.92. The minimum absolute atomic E-state index is 0.481. The summed E-state index contributed by atoms with van der Waals surface area (Å²) in [6.45, 7) is 6.24. The van der Waals surface area contributed by atoms with Crippen LogP contribution in [-0.4, -0.2) is 47.1 Å². The van der Waals surface area contributed by atoms with Gasteiger partial charge in [-0.2, -0.15) is 11.8 Å². The Bertz CT molecular complexity index is 300. The molecule has 1 aliphatic heterocycles. The second-order valence-electron chi connectivity index (χ2n) is 7.08. The summed E-state index contributed by atoms with van der Waals surface area (Å²) in [6, 6.07) is 0.774. The van der Waals surface area contributed by atoms with Gasteiger partial charge in [-0.1, -0.05) is 26.2 Å². The molecule has 0 radical (unpaired) electrons. The topological polar surface area (TPSA) is 15.3 Å². The van der Waals surface area contributed by atoms with Gasteiger partial charge in [0.1, 0.15) is 0 Å². The summed E-state index contributed by atoms with van der Waals surface area (Å²) in [5.74, 6) is 0. The zero-order chi connectivity index (χ0) is 13.3. The van der Waals surface area contributed by atoms with Gasteiger partial charge in [-0.3, -0.25) is 4.90 Å². The first kappa shape index (κ1) is 14.2. The molecule has 1 atom stereocenters. The predicted octanol–water partition coefficient (Wildman–Crippen LogP) is 3.27. The quantitative estimate of drug-likeness (QED) is 0.852. The van der Waals surface area contributed by atoms with Crippen LogP contribution in [0.15, 0.2) is 0 Å². The Labute approximate surface area is 123 Å². The zero-order valence-electron chi connectivity index (χ0n) is 12.7. The highest BCUT2D eigenvalue weighted by Gasteiger charge is 2.44. The van der Waals surface area contributed by atoms with Crippen LogP contribution in [0.3, 0.4) is 0 Å². The number of hydrogen-bond acceptors (Lipinski definition) is 3. The van der Waals surface area contributed by atoms with Gasteiger partial charge in [-0.15, -0.1) is 0 Å². The molecule has 0 amide bonds. The fraction of sp³-hybridized carbons (Fsp3) is 1.00. The lowest BCUT2D eigenvalue weighted by Crippen LogP contribution is -2.65. The predicted molar refractivity (Wildman–Crippen MR) is 85.0 cm³/mol. The van der Waals surface area contributed by atoms with E-state index in [0.717, 1.165) is 6.04 Å². The van der Waals surface area contributed by atoms with Gasteiger partial charge in [0.2, 0.25) is 0 Å². The standard InChI is InChI=1S/C16H30N2S/c1-3-14-11-17-15(7-4-5-8-15)12-18(14)13-16(19-2)9-6-10-16/h14,17H,3-13H2,1-2H3. The van der Waals surface area contributed by atoms with Crippen LogP contribution >= 0.6 is 11.8 Å². The van der Waals surface area contributed by atoms with Crippen molar-refractivity contribution in [1.82, 2.24) is 10.2 Å². The van der Waals surface area contributed by atoms with E-state index >= 15 is 0 Å². The Morgan fingerprint density at radius 3 is 2.42 bits per heavy atom. The van der Waals surface area contributed by atoms with Crippen molar-refractivity contribution >= 4 is 11.8 Å². The average molecular weight is 282 g/mol. The van der Waals surface area contributed by atoms with Crippen molar-refractivity contribution in [1.29, 1.82) is 0 Å². The first-order valence-electron chi connectivity index (χ1n) is 8.25. The van der Waals surface area contributed by atoms with Crippen molar-refractivity contribution in [2.24, 2.45) is 0 Å². The van der Waals surface area contributed by atoms with Crippen LogP contribution in [0, 0.1) is 0 Å². The fourth-order valence-electron chi connectivity index (χ4n) is 4.38. The van der Waals surface area contributed by atoms with Crippen LogP contribution in [0.25, 0.3) is 0 Å². The van der Waals surface area contributed by atoms with E-state index in [0.29, 0.717) is 10.3 Å². The molecule has 110 valence electrons. The Hall–Kier alpha value is 0.270. The molecule has 1 heterocycles. The highest BCUT2D eigenvalue weighted by atomic mass is 32.2. The average Bonchev–Trinajstić information content (AvgIpc) is 2.82. The molecule has 0 aromatic rings. The molecule has 0 bridgehead atoms. The molecule has 3 fully saturated rings. The van der Waals surface area contributed by atoms with Crippen molar-refractivity contribution in [3.05, 3.63) is 0 Å². The van der Waals surface area contributed by atoms with E-state index in [2.05, 4.69) is 35.2 Å². The molecule has 2 nitrogen and oxygen atoms in total. The molecule has 0 aromatic carbocycles. The van der Waals surface area contributed by atoms with E-state index in [1.54, 1.807) is 0 Å². The molecule has 2 saturated carbocycles. The van der Waals surface area contributed by atoms with Gasteiger partial charge in [0.05, 0.1) is 0 Å².